The maximum Gasteiger partial charge on any atom is 0.186 e. The Kier molecular flexibility index (Phi) is 5.44. The number of hydrogen-bond donors (Lipinski definition) is 1. The molecule has 1 fully saturated rings. The van der Waals surface area contributed by atoms with Crippen molar-refractivity contribution in [3.8, 4) is 0 Å². The first-order valence-electron chi connectivity index (χ1n) is 7.91. The smallest absolute Gasteiger partial charge is 0.186 e. The second-order valence-corrected chi connectivity index (χ2v) is 7.87. The molecule has 1 aliphatic carbocycles. The number of thiazole rings is 1. The summed E-state index contributed by atoms with van der Waals surface area (Å²) in [6.07, 6.45) is 2.68. The normalized spacial score (nSPS) is 15.3. The van der Waals surface area contributed by atoms with Crippen LogP contribution in [0.4, 0.5) is 5.13 Å². The van der Waals surface area contributed by atoms with E-state index in [1.54, 1.807) is 0 Å². The van der Waals surface area contributed by atoms with Crippen molar-refractivity contribution in [2.45, 2.75) is 60.0 Å². The van der Waals surface area contributed by atoms with Gasteiger partial charge < -0.3 is 10.2 Å². The van der Waals surface area contributed by atoms with Crippen LogP contribution in [-0.4, -0.2) is 24.1 Å². The van der Waals surface area contributed by atoms with E-state index in [4.69, 9.17) is 4.98 Å². The van der Waals surface area contributed by atoms with Gasteiger partial charge in [-0.25, -0.2) is 4.98 Å². The second-order valence-electron chi connectivity index (χ2n) is 6.81. The summed E-state index contributed by atoms with van der Waals surface area (Å²) in [6.45, 7) is 14.4. The predicted octanol–water partition coefficient (Wildman–Crippen LogP) is 3.82. The SMILES string of the molecule is Cc1nc(N(CC(C)C)C2CC2)sc1CNCC(C)C. The Balaban J connectivity index is 2.00. The van der Waals surface area contributed by atoms with E-state index in [1.165, 1.54) is 28.5 Å². The van der Waals surface area contributed by atoms with Gasteiger partial charge in [-0.05, 0) is 38.1 Å². The lowest BCUT2D eigenvalue weighted by Crippen LogP contribution is -2.29. The van der Waals surface area contributed by atoms with E-state index >= 15 is 0 Å². The summed E-state index contributed by atoms with van der Waals surface area (Å²) in [5.41, 5.74) is 1.20. The Hall–Kier alpha value is -0.610. The number of nitrogens with one attached hydrogen (secondary N) is 1. The zero-order valence-corrected chi connectivity index (χ0v) is 14.4. The molecule has 1 aromatic rings. The summed E-state index contributed by atoms with van der Waals surface area (Å²) in [5, 5.41) is 4.77. The van der Waals surface area contributed by atoms with Gasteiger partial charge in [0, 0.05) is 24.0 Å². The maximum absolute atomic E-state index is 4.83. The summed E-state index contributed by atoms with van der Waals surface area (Å²) in [5.74, 6) is 1.40. The van der Waals surface area contributed by atoms with Gasteiger partial charge in [-0.3, -0.25) is 0 Å². The first kappa shape index (κ1) is 15.8. The van der Waals surface area contributed by atoms with Gasteiger partial charge in [-0.15, -0.1) is 11.3 Å². The fourth-order valence-corrected chi connectivity index (χ4v) is 3.45. The molecule has 0 aromatic carbocycles. The van der Waals surface area contributed by atoms with Crippen LogP contribution in [0.2, 0.25) is 0 Å². The summed E-state index contributed by atoms with van der Waals surface area (Å²) in [4.78, 5) is 8.76. The highest BCUT2D eigenvalue weighted by Gasteiger charge is 2.31. The highest BCUT2D eigenvalue weighted by atomic mass is 32.1. The quantitative estimate of drug-likeness (QED) is 0.790. The molecule has 1 aromatic heterocycles. The summed E-state index contributed by atoms with van der Waals surface area (Å²) in [6, 6.07) is 0.749. The minimum absolute atomic E-state index is 0.697. The molecule has 114 valence electrons. The summed E-state index contributed by atoms with van der Waals surface area (Å²) < 4.78 is 0. The molecule has 3 nitrogen and oxygen atoms in total. The second kappa shape index (κ2) is 6.90. The van der Waals surface area contributed by atoms with Crippen molar-refractivity contribution in [1.82, 2.24) is 10.3 Å². The van der Waals surface area contributed by atoms with Gasteiger partial charge in [-0.2, -0.15) is 0 Å². The molecule has 1 heterocycles. The summed E-state index contributed by atoms with van der Waals surface area (Å²) >= 11 is 1.88. The van der Waals surface area contributed by atoms with Crippen LogP contribution in [0.25, 0.3) is 0 Å². The molecule has 0 atom stereocenters. The van der Waals surface area contributed by atoms with Crippen LogP contribution >= 0.6 is 11.3 Å². The minimum atomic E-state index is 0.697. The van der Waals surface area contributed by atoms with Crippen LogP contribution < -0.4 is 10.2 Å². The standard InChI is InChI=1S/C16H29N3S/c1-11(2)8-17-9-15-13(5)18-16(20-15)19(10-12(3)4)14-6-7-14/h11-12,14,17H,6-10H2,1-5H3. The average molecular weight is 295 g/mol. The third-order valence-corrected chi connectivity index (χ3v) is 4.71. The first-order valence-corrected chi connectivity index (χ1v) is 8.72. The van der Waals surface area contributed by atoms with E-state index in [0.29, 0.717) is 11.8 Å². The lowest BCUT2D eigenvalue weighted by molar-refractivity contribution is 0.554. The lowest BCUT2D eigenvalue weighted by atomic mass is 10.2. The molecular weight excluding hydrogens is 266 g/mol. The third kappa shape index (κ3) is 4.45. The van der Waals surface area contributed by atoms with Gasteiger partial charge in [0.25, 0.3) is 0 Å². The van der Waals surface area contributed by atoms with E-state index in [-0.39, 0.29) is 0 Å². The van der Waals surface area contributed by atoms with E-state index in [9.17, 15) is 0 Å². The lowest BCUT2D eigenvalue weighted by Gasteiger charge is -2.23. The molecule has 0 amide bonds. The van der Waals surface area contributed by atoms with Crippen LogP contribution in [0.3, 0.4) is 0 Å². The third-order valence-electron chi connectivity index (χ3n) is 3.51. The van der Waals surface area contributed by atoms with Crippen molar-refractivity contribution < 1.29 is 0 Å². The highest BCUT2D eigenvalue weighted by Crippen LogP contribution is 2.35. The molecule has 2 rings (SSSR count). The highest BCUT2D eigenvalue weighted by molar-refractivity contribution is 7.15. The van der Waals surface area contributed by atoms with Crippen LogP contribution in [-0.2, 0) is 6.54 Å². The van der Waals surface area contributed by atoms with Crippen molar-refractivity contribution >= 4 is 16.5 Å². The van der Waals surface area contributed by atoms with Crippen molar-refractivity contribution in [1.29, 1.82) is 0 Å². The molecule has 0 spiro atoms. The fraction of sp³-hybridized carbons (Fsp3) is 0.812. The number of anilines is 1. The van der Waals surface area contributed by atoms with E-state index in [0.717, 1.165) is 25.7 Å². The van der Waals surface area contributed by atoms with Gasteiger partial charge in [-0.1, -0.05) is 27.7 Å². The average Bonchev–Trinajstić information content (AvgIpc) is 3.11. The van der Waals surface area contributed by atoms with Crippen LogP contribution in [0.1, 0.15) is 51.1 Å². The molecular formula is C16H29N3S. The van der Waals surface area contributed by atoms with Gasteiger partial charge in [0.05, 0.1) is 5.69 Å². The Labute approximate surface area is 127 Å². The maximum atomic E-state index is 4.83. The Morgan fingerprint density at radius 3 is 2.50 bits per heavy atom. The molecule has 0 aliphatic heterocycles. The zero-order valence-electron chi connectivity index (χ0n) is 13.6. The predicted molar refractivity (Wildman–Crippen MR) is 88.6 cm³/mol. The van der Waals surface area contributed by atoms with E-state index in [1.807, 2.05) is 11.3 Å². The Morgan fingerprint density at radius 2 is 1.95 bits per heavy atom. The molecule has 1 aliphatic rings. The van der Waals surface area contributed by atoms with Gasteiger partial charge >= 0.3 is 0 Å². The van der Waals surface area contributed by atoms with E-state index in [2.05, 4.69) is 44.8 Å². The number of hydrogen-bond acceptors (Lipinski definition) is 4. The largest absolute Gasteiger partial charge is 0.345 e. The first-order chi connectivity index (χ1) is 9.47. The van der Waals surface area contributed by atoms with Gasteiger partial charge in [0.2, 0.25) is 0 Å². The van der Waals surface area contributed by atoms with Crippen molar-refractivity contribution in [3.63, 3.8) is 0 Å². The number of aromatic nitrogens is 1. The van der Waals surface area contributed by atoms with E-state index < -0.39 is 0 Å². The van der Waals surface area contributed by atoms with Gasteiger partial charge in [0.1, 0.15) is 0 Å². The molecule has 0 unspecified atom stereocenters. The van der Waals surface area contributed by atoms with Crippen molar-refractivity contribution in [2.75, 3.05) is 18.0 Å². The molecule has 0 bridgehead atoms. The van der Waals surface area contributed by atoms with Gasteiger partial charge in [0.15, 0.2) is 5.13 Å². The summed E-state index contributed by atoms with van der Waals surface area (Å²) in [7, 11) is 0. The zero-order chi connectivity index (χ0) is 14.7. The molecule has 0 saturated heterocycles. The fourth-order valence-electron chi connectivity index (χ4n) is 2.34. The molecule has 4 heteroatoms. The topological polar surface area (TPSA) is 28.2 Å². The van der Waals surface area contributed by atoms with Crippen molar-refractivity contribution in [2.24, 2.45) is 11.8 Å². The Morgan fingerprint density at radius 1 is 1.25 bits per heavy atom. The molecule has 1 N–H and O–H groups in total. The Bertz CT molecular complexity index is 421. The van der Waals surface area contributed by atoms with Crippen LogP contribution in [0.15, 0.2) is 0 Å². The van der Waals surface area contributed by atoms with Crippen LogP contribution in [0.5, 0.6) is 0 Å². The minimum Gasteiger partial charge on any atom is -0.345 e. The number of nitrogens with zero attached hydrogens (tertiary/aromatic N) is 2. The number of aryl methyl sites for hydroxylation is 1. The molecule has 20 heavy (non-hydrogen) atoms. The molecule has 0 radical (unpaired) electrons. The van der Waals surface area contributed by atoms with Crippen LogP contribution in [0, 0.1) is 18.8 Å². The van der Waals surface area contributed by atoms with Crippen molar-refractivity contribution in [3.05, 3.63) is 10.6 Å². The molecule has 1 saturated carbocycles. The number of rotatable bonds is 8. The monoisotopic (exact) mass is 295 g/mol.